The molecule has 0 aliphatic heterocycles. The first-order valence-electron chi connectivity index (χ1n) is 16.0. The molecule has 0 saturated carbocycles. The van der Waals surface area contributed by atoms with Crippen molar-refractivity contribution >= 4 is 54.8 Å². The zero-order valence-corrected chi connectivity index (χ0v) is 37.0. The van der Waals surface area contributed by atoms with Crippen LogP contribution in [-0.2, 0) is 90.8 Å². The van der Waals surface area contributed by atoms with Gasteiger partial charge in [-0.1, -0.05) is 0 Å². The van der Waals surface area contributed by atoms with Gasteiger partial charge in [0.15, 0.2) is 0 Å². The summed E-state index contributed by atoms with van der Waals surface area (Å²) in [5.41, 5.74) is 0. The van der Waals surface area contributed by atoms with Gasteiger partial charge in [0.2, 0.25) is 0 Å². The van der Waals surface area contributed by atoms with Crippen LogP contribution in [0.3, 0.4) is 0 Å². The lowest BCUT2D eigenvalue weighted by Crippen LogP contribution is -2.26. The molecule has 350 valence electrons. The van der Waals surface area contributed by atoms with Gasteiger partial charge in [-0.3, -0.25) is 58.8 Å². The van der Waals surface area contributed by atoms with E-state index in [0.29, 0.717) is 0 Å². The van der Waals surface area contributed by atoms with Crippen LogP contribution >= 0.6 is 54.8 Å². The molecule has 38 heteroatoms. The summed E-state index contributed by atoms with van der Waals surface area (Å²) in [6.07, 6.45) is 0. The number of rotatable bonds is 39. The molecule has 0 fully saturated rings. The summed E-state index contributed by atoms with van der Waals surface area (Å²) in [7, 11) is -30.5. The molecule has 0 bridgehead atoms. The predicted octanol–water partition coefficient (Wildman–Crippen LogP) is -0.439. The van der Waals surface area contributed by atoms with E-state index < -0.39 is 146 Å². The van der Waals surface area contributed by atoms with Crippen molar-refractivity contribution in [2.45, 2.75) is 0 Å². The quantitative estimate of drug-likeness (QED) is 0.0275. The second-order valence-corrected chi connectivity index (χ2v) is 20.5. The van der Waals surface area contributed by atoms with Gasteiger partial charge in [-0.2, -0.15) is 0 Å². The van der Waals surface area contributed by atoms with Crippen LogP contribution in [0, 0.1) is 11.8 Å². The molecule has 0 amide bonds. The van der Waals surface area contributed by atoms with E-state index in [1.54, 1.807) is 7.05 Å². The lowest BCUT2D eigenvalue weighted by Gasteiger charge is -2.19. The molecule has 0 rings (SSSR count). The normalized spacial score (nSPS) is 19.8. The van der Waals surface area contributed by atoms with Crippen molar-refractivity contribution in [2.75, 3.05) is 120 Å². The number of aliphatic hydroxyl groups is 1. The number of nitrogens with one attached hydrogen (secondary N) is 2. The zero-order valence-electron chi connectivity index (χ0n) is 30.8. The molecule has 58 heavy (non-hydrogen) atoms. The molecule has 8 atom stereocenters. The Balaban J connectivity index is 4.27. The molecule has 8 unspecified atom stereocenters. The maximum absolute atomic E-state index is 12.0. The van der Waals surface area contributed by atoms with E-state index >= 15 is 0 Å². The average Bonchev–Trinajstić information content (AvgIpc) is 3.10. The van der Waals surface area contributed by atoms with Gasteiger partial charge in [0.05, 0.1) is 85.9 Å². The summed E-state index contributed by atoms with van der Waals surface area (Å²) in [6.45, 7) is -9.44. The molecular formula is C20H51N2O29P7. The van der Waals surface area contributed by atoms with E-state index in [-0.39, 0.29) is 26.3 Å². The highest BCUT2D eigenvalue weighted by molar-refractivity contribution is 7.49. The van der Waals surface area contributed by atoms with Crippen molar-refractivity contribution in [3.63, 3.8) is 0 Å². The van der Waals surface area contributed by atoms with Crippen molar-refractivity contribution in [2.24, 2.45) is 11.8 Å². The highest BCUT2D eigenvalue weighted by atomic mass is 31.2. The molecular weight excluding hydrogens is 949 g/mol. The molecule has 11 N–H and O–H groups in total. The summed E-state index contributed by atoms with van der Waals surface area (Å²) in [5, 5.41) is 14.5. The fraction of sp³-hybridized carbons (Fsp3) is 1.00. The van der Waals surface area contributed by atoms with E-state index in [4.69, 9.17) is 23.9 Å². The van der Waals surface area contributed by atoms with Crippen molar-refractivity contribution in [3.8, 4) is 0 Å². The Hall–Kier alpha value is 0.650. The number of hydrogen-bond donors (Lipinski definition) is 11. The summed E-state index contributed by atoms with van der Waals surface area (Å²) < 4.78 is 141. The number of aliphatic hydroxyl groups excluding tert-OH is 1. The van der Waals surface area contributed by atoms with Crippen molar-refractivity contribution in [3.05, 3.63) is 0 Å². The lowest BCUT2D eigenvalue weighted by atomic mass is 10.2. The summed E-state index contributed by atoms with van der Waals surface area (Å²) in [4.78, 5) is 75.4. The van der Waals surface area contributed by atoms with Gasteiger partial charge in [-0.05, 0) is 14.1 Å². The van der Waals surface area contributed by atoms with Gasteiger partial charge in [0.25, 0.3) is 0 Å². The maximum atomic E-state index is 12.0. The predicted molar refractivity (Wildman–Crippen MR) is 190 cm³/mol. The molecule has 0 aliphatic carbocycles. The Labute approximate surface area is 331 Å². The van der Waals surface area contributed by atoms with Crippen LogP contribution in [0.2, 0.25) is 0 Å². The van der Waals surface area contributed by atoms with E-state index in [9.17, 15) is 61.3 Å². The molecule has 0 radical (unpaired) electrons. The fourth-order valence-corrected chi connectivity index (χ4v) is 7.97. The molecule has 0 aromatic heterocycles. The third-order valence-corrected chi connectivity index (χ3v) is 12.2. The van der Waals surface area contributed by atoms with E-state index in [1.807, 2.05) is 0 Å². The summed E-state index contributed by atoms with van der Waals surface area (Å²) >= 11 is 0. The largest absolute Gasteiger partial charge is 0.472 e. The lowest BCUT2D eigenvalue weighted by molar-refractivity contribution is 0.0713. The molecule has 0 spiro atoms. The minimum atomic E-state index is -4.89. The van der Waals surface area contributed by atoms with Crippen molar-refractivity contribution in [1.29, 1.82) is 0 Å². The summed E-state index contributed by atoms with van der Waals surface area (Å²) in [6, 6.07) is 0. The van der Waals surface area contributed by atoms with E-state index in [2.05, 4.69) is 60.4 Å². The molecule has 0 heterocycles. The van der Waals surface area contributed by atoms with Crippen molar-refractivity contribution < 1.29 is 135 Å². The van der Waals surface area contributed by atoms with Crippen LogP contribution in [0.1, 0.15) is 0 Å². The number of hydrogen-bond acceptors (Lipinski definition) is 23. The standard InChI is InChI=1S/C20H51N2O29P7/c1-21-13-19(15-23)16-50-57(35,36)47-11-9-45-55(31,32)43-7-5-41-53(27,28)39-3-4-40-54(29,30)42-6-8-44-56(33,34)46-10-12-48-58(37,38)51-18-20(14-22-2)17-49-52(24,25)26/h19-23H,3-18H2,1-2H3,(H,27,28)(H,29,30)(H,31,32)(H,33,34)(H,35,36)(H,37,38)(H2,24,25,26). The maximum Gasteiger partial charge on any atom is 0.472 e. The van der Waals surface area contributed by atoms with Gasteiger partial charge >= 0.3 is 54.8 Å². The van der Waals surface area contributed by atoms with Gasteiger partial charge in [0, 0.05) is 31.5 Å². The highest BCUT2D eigenvalue weighted by Crippen LogP contribution is 2.49. The molecule has 0 aromatic carbocycles. The van der Waals surface area contributed by atoms with Crippen LogP contribution in [0.4, 0.5) is 0 Å². The molecule has 0 aliphatic rings. The third-order valence-electron chi connectivity index (χ3n) is 5.63. The Morgan fingerprint density at radius 1 is 0.362 bits per heavy atom. The topological polar surface area (TPSA) is 446 Å². The van der Waals surface area contributed by atoms with Crippen LogP contribution < -0.4 is 10.6 Å². The SMILES string of the molecule is CNCC(CO)COP(=O)(O)OCCOP(=O)(O)OCCOP(=O)(O)OCCOP(=O)(O)OCCOP(=O)(O)OCCOP(=O)(O)OCC(CNC)COP(=O)(O)O. The first-order valence-corrected chi connectivity index (χ1v) is 26.5. The first-order chi connectivity index (χ1) is 26.7. The first kappa shape index (κ1) is 58.6. The second-order valence-electron chi connectivity index (χ2n) is 10.6. The third kappa shape index (κ3) is 34.2. The molecule has 31 nitrogen and oxygen atoms in total. The number of phosphoric acid groups is 7. The summed E-state index contributed by atoms with van der Waals surface area (Å²) in [5.74, 6) is -1.30. The Bertz CT molecular complexity index is 1490. The molecule has 0 saturated heterocycles. The minimum Gasteiger partial charge on any atom is -0.396 e. The van der Waals surface area contributed by atoms with Crippen LogP contribution in [0.5, 0.6) is 0 Å². The van der Waals surface area contributed by atoms with Crippen molar-refractivity contribution in [1.82, 2.24) is 10.6 Å². The Kier molecular flexibility index (Phi) is 29.5. The molecule has 0 aromatic rings. The van der Waals surface area contributed by atoms with Gasteiger partial charge in [0.1, 0.15) is 0 Å². The monoisotopic (exact) mass is 1000 g/mol. The Morgan fingerprint density at radius 3 is 0.793 bits per heavy atom. The van der Waals surface area contributed by atoms with Crippen LogP contribution in [0.15, 0.2) is 0 Å². The number of phosphoric ester groups is 7. The van der Waals surface area contributed by atoms with Crippen LogP contribution in [-0.4, -0.2) is 164 Å². The van der Waals surface area contributed by atoms with E-state index in [1.165, 1.54) is 7.05 Å². The van der Waals surface area contributed by atoms with Crippen LogP contribution in [0.25, 0.3) is 0 Å². The Morgan fingerprint density at radius 2 is 0.569 bits per heavy atom. The zero-order chi connectivity index (χ0) is 44.6. The minimum absolute atomic E-state index is 0.0647. The average molecular weight is 1000 g/mol. The fourth-order valence-electron chi connectivity index (χ4n) is 3.27. The van der Waals surface area contributed by atoms with Gasteiger partial charge < -0.3 is 54.9 Å². The second kappa shape index (κ2) is 29.2. The van der Waals surface area contributed by atoms with E-state index in [0.717, 1.165) is 0 Å². The smallest absolute Gasteiger partial charge is 0.396 e. The highest BCUT2D eigenvalue weighted by Gasteiger charge is 2.29. The van der Waals surface area contributed by atoms with Gasteiger partial charge in [-0.15, -0.1) is 0 Å². The van der Waals surface area contributed by atoms with Gasteiger partial charge in [-0.25, -0.2) is 32.0 Å².